The fourth-order valence-corrected chi connectivity index (χ4v) is 3.39. The molecule has 4 aromatic rings. The van der Waals surface area contributed by atoms with Crippen molar-refractivity contribution in [2.75, 3.05) is 0 Å². The van der Waals surface area contributed by atoms with Crippen molar-refractivity contribution in [3.8, 4) is 39.9 Å². The molecule has 0 unspecified atom stereocenters. The Morgan fingerprint density at radius 3 is 1.84 bits per heavy atom. The summed E-state index contributed by atoms with van der Waals surface area (Å²) < 4.78 is 0. The highest BCUT2D eigenvalue weighted by Crippen LogP contribution is 2.31. The molecule has 1 N–H and O–H groups in total. The summed E-state index contributed by atoms with van der Waals surface area (Å²) in [5, 5.41) is 10.7. The van der Waals surface area contributed by atoms with Gasteiger partial charge < -0.3 is 9.90 Å². The third kappa shape index (κ3) is 5.01. The Hall–Kier alpha value is -3.86. The van der Waals surface area contributed by atoms with Crippen molar-refractivity contribution in [1.82, 2.24) is 15.0 Å². The number of aromatic nitrogens is 3. The second-order valence-corrected chi connectivity index (χ2v) is 7.45. The molecule has 3 aromatic carbocycles. The van der Waals surface area contributed by atoms with Gasteiger partial charge >= 0.3 is 0 Å². The molecule has 0 saturated heterocycles. The van der Waals surface area contributed by atoms with Crippen LogP contribution in [-0.4, -0.2) is 25.8 Å². The molecule has 0 amide bonds. The average molecular weight is 409 g/mol. The molecule has 0 spiro atoms. The Morgan fingerprint density at radius 2 is 1.32 bits per heavy atom. The summed E-state index contributed by atoms with van der Waals surface area (Å²) >= 11 is 0. The van der Waals surface area contributed by atoms with Crippen LogP contribution in [0.5, 0.6) is 5.75 Å². The van der Waals surface area contributed by atoms with E-state index in [9.17, 15) is 9.90 Å². The monoisotopic (exact) mass is 409 g/mol. The quantitative estimate of drug-likeness (QED) is 0.437. The van der Waals surface area contributed by atoms with Crippen LogP contribution in [0, 0.1) is 0 Å². The van der Waals surface area contributed by atoms with Crippen molar-refractivity contribution >= 4 is 5.78 Å². The van der Waals surface area contributed by atoms with Crippen LogP contribution >= 0.6 is 0 Å². The van der Waals surface area contributed by atoms with Gasteiger partial charge in [0.15, 0.2) is 17.5 Å². The van der Waals surface area contributed by atoms with Gasteiger partial charge in [0, 0.05) is 17.5 Å². The van der Waals surface area contributed by atoms with Crippen LogP contribution in [0.4, 0.5) is 0 Å². The molecule has 0 radical (unpaired) electrons. The third-order valence-corrected chi connectivity index (χ3v) is 5.00. The maximum Gasteiger partial charge on any atom is 0.167 e. The molecule has 1 heterocycles. The molecule has 31 heavy (non-hydrogen) atoms. The number of carbonyl (C=O) groups excluding carboxylic acids is 1. The lowest BCUT2D eigenvalue weighted by Crippen LogP contribution is -2.00. The zero-order chi connectivity index (χ0) is 21.6. The van der Waals surface area contributed by atoms with Crippen molar-refractivity contribution in [3.05, 3.63) is 84.4 Å². The summed E-state index contributed by atoms with van der Waals surface area (Å²) in [5.41, 5.74) is 3.28. The van der Waals surface area contributed by atoms with Gasteiger partial charge in [-0.25, -0.2) is 15.0 Å². The van der Waals surface area contributed by atoms with E-state index in [1.165, 1.54) is 0 Å². The predicted octanol–water partition coefficient (Wildman–Crippen LogP) is 5.49. The van der Waals surface area contributed by atoms with E-state index in [0.717, 1.165) is 29.5 Å². The lowest BCUT2D eigenvalue weighted by Gasteiger charge is -2.10. The van der Waals surface area contributed by atoms with Gasteiger partial charge in [-0.1, -0.05) is 66.7 Å². The van der Waals surface area contributed by atoms with Crippen molar-refractivity contribution in [1.29, 1.82) is 0 Å². The van der Waals surface area contributed by atoms with Crippen LogP contribution in [0.3, 0.4) is 0 Å². The fourth-order valence-electron chi connectivity index (χ4n) is 3.39. The second kappa shape index (κ2) is 9.30. The molecule has 5 nitrogen and oxygen atoms in total. The van der Waals surface area contributed by atoms with Gasteiger partial charge in [-0.2, -0.15) is 0 Å². The predicted molar refractivity (Wildman–Crippen MR) is 121 cm³/mol. The molecule has 0 aliphatic heterocycles. The molecule has 1 aromatic heterocycles. The van der Waals surface area contributed by atoms with E-state index < -0.39 is 0 Å². The lowest BCUT2D eigenvalue weighted by molar-refractivity contribution is -0.117. The summed E-state index contributed by atoms with van der Waals surface area (Å²) in [4.78, 5) is 25.1. The fraction of sp³-hybridized carbons (Fsp3) is 0.154. The minimum Gasteiger partial charge on any atom is -0.507 e. The molecule has 5 heteroatoms. The number of ketones is 1. The van der Waals surface area contributed by atoms with Gasteiger partial charge in [0.25, 0.3) is 0 Å². The first-order chi connectivity index (χ1) is 15.1. The zero-order valence-corrected chi connectivity index (χ0v) is 17.3. The van der Waals surface area contributed by atoms with E-state index in [2.05, 4.69) is 15.0 Å². The number of hydrogen-bond donors (Lipinski definition) is 1. The molecule has 154 valence electrons. The molecular weight excluding hydrogens is 386 g/mol. The topological polar surface area (TPSA) is 76.0 Å². The molecule has 0 atom stereocenters. The highest BCUT2D eigenvalue weighted by atomic mass is 16.3. The van der Waals surface area contributed by atoms with E-state index in [4.69, 9.17) is 0 Å². The maximum absolute atomic E-state index is 11.2. The van der Waals surface area contributed by atoms with Gasteiger partial charge in [-0.05, 0) is 37.5 Å². The van der Waals surface area contributed by atoms with Gasteiger partial charge in [-0.15, -0.1) is 0 Å². The smallest absolute Gasteiger partial charge is 0.167 e. The molecule has 0 bridgehead atoms. The number of aromatic hydroxyl groups is 1. The van der Waals surface area contributed by atoms with Crippen LogP contribution in [0.1, 0.15) is 25.3 Å². The van der Waals surface area contributed by atoms with Crippen LogP contribution in [-0.2, 0) is 11.2 Å². The molecule has 0 aliphatic rings. The first-order valence-corrected chi connectivity index (χ1v) is 10.3. The van der Waals surface area contributed by atoms with Crippen molar-refractivity contribution in [3.63, 3.8) is 0 Å². The Labute approximate surface area is 181 Å². The van der Waals surface area contributed by atoms with E-state index in [1.807, 2.05) is 72.8 Å². The zero-order valence-electron chi connectivity index (χ0n) is 17.3. The lowest BCUT2D eigenvalue weighted by atomic mass is 10.0. The Morgan fingerprint density at radius 1 is 0.774 bits per heavy atom. The highest BCUT2D eigenvalue weighted by Gasteiger charge is 2.15. The van der Waals surface area contributed by atoms with Crippen LogP contribution in [0.25, 0.3) is 34.2 Å². The van der Waals surface area contributed by atoms with Crippen molar-refractivity contribution in [2.45, 2.75) is 26.2 Å². The Kier molecular flexibility index (Phi) is 6.13. The van der Waals surface area contributed by atoms with E-state index in [0.29, 0.717) is 29.5 Å². The van der Waals surface area contributed by atoms with Gasteiger partial charge in [0.2, 0.25) is 0 Å². The van der Waals surface area contributed by atoms with E-state index >= 15 is 0 Å². The number of phenols is 1. The average Bonchev–Trinajstić information content (AvgIpc) is 2.80. The molecule has 0 saturated carbocycles. The highest BCUT2D eigenvalue weighted by molar-refractivity contribution is 5.75. The van der Waals surface area contributed by atoms with Crippen LogP contribution in [0.2, 0.25) is 0 Å². The summed E-state index contributed by atoms with van der Waals surface area (Å²) in [5.74, 6) is 1.81. The van der Waals surface area contributed by atoms with Crippen molar-refractivity contribution < 1.29 is 9.90 Å². The standard InChI is InChI=1S/C26H23N3O2/c1-18(30)9-8-10-19-15-16-22(23(31)17-19)26-28-24(20-11-4-2-5-12-20)27-25(29-26)21-13-6-3-7-14-21/h2-7,11-17,31H,8-10H2,1H3. The summed E-state index contributed by atoms with van der Waals surface area (Å²) in [6.45, 7) is 1.59. The summed E-state index contributed by atoms with van der Waals surface area (Å²) in [7, 11) is 0. The number of carbonyl (C=O) groups is 1. The Balaban J connectivity index is 1.74. The molecule has 4 rings (SSSR count). The summed E-state index contributed by atoms with van der Waals surface area (Å²) in [6.07, 6.45) is 2.03. The van der Waals surface area contributed by atoms with Gasteiger partial charge in [0.1, 0.15) is 11.5 Å². The number of rotatable bonds is 7. The van der Waals surface area contributed by atoms with E-state index in [-0.39, 0.29) is 11.5 Å². The van der Waals surface area contributed by atoms with Gasteiger partial charge in [0.05, 0.1) is 5.56 Å². The normalized spacial score (nSPS) is 10.7. The maximum atomic E-state index is 11.2. The van der Waals surface area contributed by atoms with E-state index in [1.54, 1.807) is 13.0 Å². The number of nitrogens with zero attached hydrogens (tertiary/aromatic N) is 3. The minimum atomic E-state index is 0.115. The largest absolute Gasteiger partial charge is 0.507 e. The SMILES string of the molecule is CC(=O)CCCc1ccc(-c2nc(-c3ccccc3)nc(-c3ccccc3)n2)c(O)c1. The summed E-state index contributed by atoms with van der Waals surface area (Å²) in [6, 6.07) is 25.0. The Bertz CT molecular complexity index is 1130. The van der Waals surface area contributed by atoms with Crippen LogP contribution < -0.4 is 0 Å². The minimum absolute atomic E-state index is 0.115. The third-order valence-electron chi connectivity index (χ3n) is 5.00. The molecule has 0 fully saturated rings. The molecule has 0 aliphatic carbocycles. The van der Waals surface area contributed by atoms with Crippen molar-refractivity contribution in [2.24, 2.45) is 0 Å². The number of aryl methyl sites for hydroxylation is 1. The number of hydrogen-bond acceptors (Lipinski definition) is 5. The van der Waals surface area contributed by atoms with Crippen LogP contribution in [0.15, 0.2) is 78.9 Å². The first kappa shape index (κ1) is 20.4. The van der Waals surface area contributed by atoms with Gasteiger partial charge in [-0.3, -0.25) is 0 Å². The number of benzene rings is 3. The molecular formula is C26H23N3O2. The first-order valence-electron chi connectivity index (χ1n) is 10.3. The number of phenolic OH excluding ortho intramolecular Hbond substituents is 1. The number of Topliss-reactive ketones (excluding diaryl/α,β-unsaturated/α-hetero) is 1. The second-order valence-electron chi connectivity index (χ2n) is 7.45.